The van der Waals surface area contributed by atoms with Crippen LogP contribution in [-0.4, -0.2) is 0 Å². The third-order valence-corrected chi connectivity index (χ3v) is 3.31. The van der Waals surface area contributed by atoms with E-state index in [-0.39, 0.29) is 5.41 Å². The topological polar surface area (TPSA) is 9.23 Å². The fraction of sp³-hybridized carbons (Fsp3) is 0.294. The fourth-order valence-corrected chi connectivity index (χ4v) is 2.13. The predicted octanol–water partition coefficient (Wildman–Crippen LogP) is 5.52. The summed E-state index contributed by atoms with van der Waals surface area (Å²) in [5.74, 6) is 2.28. The molecular weight excluding hydrogens is 256 g/mol. The maximum atomic E-state index is 5.99. The van der Waals surface area contributed by atoms with E-state index in [4.69, 9.17) is 16.3 Å². The summed E-state index contributed by atoms with van der Waals surface area (Å²) < 4.78 is 5.99. The highest BCUT2D eigenvalue weighted by Crippen LogP contribution is 2.33. The van der Waals surface area contributed by atoms with Gasteiger partial charge in [0.05, 0.1) is 0 Å². The van der Waals surface area contributed by atoms with Crippen molar-refractivity contribution in [3.8, 4) is 11.5 Å². The average Bonchev–Trinajstić information content (AvgIpc) is 2.39. The summed E-state index contributed by atoms with van der Waals surface area (Å²) in [4.78, 5) is 0. The summed E-state index contributed by atoms with van der Waals surface area (Å²) in [7, 11) is 0. The summed E-state index contributed by atoms with van der Waals surface area (Å²) >= 11 is 5.78. The van der Waals surface area contributed by atoms with E-state index in [1.54, 1.807) is 0 Å². The van der Waals surface area contributed by atoms with E-state index in [1.165, 1.54) is 5.56 Å². The molecule has 0 aromatic heterocycles. The first-order valence-electron chi connectivity index (χ1n) is 6.43. The van der Waals surface area contributed by atoms with Crippen molar-refractivity contribution < 1.29 is 4.74 Å². The van der Waals surface area contributed by atoms with Gasteiger partial charge in [-0.25, -0.2) is 0 Å². The molecule has 2 aromatic rings. The van der Waals surface area contributed by atoms with Crippen LogP contribution in [-0.2, 0) is 11.3 Å². The highest BCUT2D eigenvalue weighted by Gasteiger charge is 2.18. The summed E-state index contributed by atoms with van der Waals surface area (Å²) in [6, 6.07) is 16.1. The Morgan fingerprint density at radius 1 is 0.947 bits per heavy atom. The van der Waals surface area contributed by atoms with Crippen molar-refractivity contribution in [2.24, 2.45) is 0 Å². The van der Waals surface area contributed by atoms with Crippen LogP contribution in [0.4, 0.5) is 0 Å². The molecule has 0 atom stereocenters. The molecule has 1 nitrogen and oxygen atoms in total. The molecule has 2 aromatic carbocycles. The van der Waals surface area contributed by atoms with Gasteiger partial charge >= 0.3 is 0 Å². The largest absolute Gasteiger partial charge is 0.457 e. The SMILES string of the molecule is CC(C)(C)c1ccccc1Oc1ccc(CCl)cc1. The lowest BCUT2D eigenvalue weighted by Crippen LogP contribution is -2.12. The van der Waals surface area contributed by atoms with Crippen molar-refractivity contribution in [1.29, 1.82) is 0 Å². The van der Waals surface area contributed by atoms with Crippen molar-refractivity contribution in [1.82, 2.24) is 0 Å². The highest BCUT2D eigenvalue weighted by atomic mass is 35.5. The number of ether oxygens (including phenoxy) is 1. The quantitative estimate of drug-likeness (QED) is 0.670. The van der Waals surface area contributed by atoms with Gasteiger partial charge in [-0.3, -0.25) is 0 Å². The maximum absolute atomic E-state index is 5.99. The first-order chi connectivity index (χ1) is 9.00. The molecule has 0 bridgehead atoms. The first kappa shape index (κ1) is 14.0. The van der Waals surface area contributed by atoms with Crippen LogP contribution in [0.2, 0.25) is 0 Å². The molecule has 0 aliphatic heterocycles. The van der Waals surface area contributed by atoms with Gasteiger partial charge in [-0.1, -0.05) is 51.1 Å². The number of alkyl halides is 1. The van der Waals surface area contributed by atoms with Gasteiger partial charge in [-0.15, -0.1) is 11.6 Å². The Morgan fingerprint density at radius 2 is 1.58 bits per heavy atom. The van der Waals surface area contributed by atoms with Crippen LogP contribution in [0.15, 0.2) is 48.5 Å². The highest BCUT2D eigenvalue weighted by molar-refractivity contribution is 6.17. The van der Waals surface area contributed by atoms with Crippen molar-refractivity contribution in [2.45, 2.75) is 32.1 Å². The molecule has 0 saturated heterocycles. The van der Waals surface area contributed by atoms with Crippen LogP contribution >= 0.6 is 11.6 Å². The monoisotopic (exact) mass is 274 g/mol. The normalized spacial score (nSPS) is 11.4. The number of halogens is 1. The van der Waals surface area contributed by atoms with Crippen LogP contribution in [0, 0.1) is 0 Å². The second-order valence-electron chi connectivity index (χ2n) is 5.63. The van der Waals surface area contributed by atoms with E-state index in [0.717, 1.165) is 17.1 Å². The van der Waals surface area contributed by atoms with Gasteiger partial charge in [0.15, 0.2) is 0 Å². The summed E-state index contributed by atoms with van der Waals surface area (Å²) in [6.07, 6.45) is 0. The Balaban J connectivity index is 2.28. The van der Waals surface area contributed by atoms with Gasteiger partial charge in [0, 0.05) is 11.4 Å². The number of rotatable bonds is 3. The second kappa shape index (κ2) is 5.66. The minimum absolute atomic E-state index is 0.0622. The third kappa shape index (κ3) is 3.51. The number of benzene rings is 2. The molecule has 0 amide bonds. The minimum atomic E-state index is 0.0622. The first-order valence-corrected chi connectivity index (χ1v) is 6.96. The molecule has 0 saturated carbocycles. The van der Waals surface area contributed by atoms with E-state index >= 15 is 0 Å². The molecule has 2 heteroatoms. The van der Waals surface area contributed by atoms with Gasteiger partial charge < -0.3 is 4.74 Å². The third-order valence-electron chi connectivity index (χ3n) is 3.00. The molecule has 0 unspecified atom stereocenters. The molecule has 100 valence electrons. The maximum Gasteiger partial charge on any atom is 0.131 e. The zero-order valence-corrected chi connectivity index (χ0v) is 12.4. The summed E-state index contributed by atoms with van der Waals surface area (Å²) in [5.41, 5.74) is 2.36. The number of para-hydroxylation sites is 1. The standard InChI is InChI=1S/C17H19ClO/c1-17(2,3)15-6-4-5-7-16(15)19-14-10-8-13(12-18)9-11-14/h4-11H,12H2,1-3H3. The molecular formula is C17H19ClO. The lowest BCUT2D eigenvalue weighted by atomic mass is 9.86. The van der Waals surface area contributed by atoms with Crippen molar-refractivity contribution in [2.75, 3.05) is 0 Å². The molecule has 0 N–H and O–H groups in total. The van der Waals surface area contributed by atoms with E-state index in [0.29, 0.717) is 5.88 Å². The van der Waals surface area contributed by atoms with E-state index < -0.39 is 0 Å². The Morgan fingerprint density at radius 3 is 2.16 bits per heavy atom. The summed E-state index contributed by atoms with van der Waals surface area (Å²) in [5, 5.41) is 0. The lowest BCUT2D eigenvalue weighted by Gasteiger charge is -2.22. The molecule has 0 fully saturated rings. The van der Waals surface area contributed by atoms with Crippen LogP contribution in [0.3, 0.4) is 0 Å². The van der Waals surface area contributed by atoms with Gasteiger partial charge in [0.2, 0.25) is 0 Å². The zero-order chi connectivity index (χ0) is 13.9. The molecule has 0 radical (unpaired) electrons. The van der Waals surface area contributed by atoms with E-state index in [2.05, 4.69) is 26.8 Å². The Kier molecular flexibility index (Phi) is 4.16. The Hall–Kier alpha value is -1.47. The smallest absolute Gasteiger partial charge is 0.131 e. The predicted molar refractivity (Wildman–Crippen MR) is 81.2 cm³/mol. The Bertz CT molecular complexity index is 538. The van der Waals surface area contributed by atoms with Crippen molar-refractivity contribution in [3.05, 3.63) is 59.7 Å². The molecule has 0 aliphatic carbocycles. The Labute approximate surface area is 120 Å². The van der Waals surface area contributed by atoms with Gasteiger partial charge in [0.1, 0.15) is 11.5 Å². The number of hydrogen-bond acceptors (Lipinski definition) is 1. The van der Waals surface area contributed by atoms with Gasteiger partial charge in [0.25, 0.3) is 0 Å². The van der Waals surface area contributed by atoms with Gasteiger partial charge in [-0.2, -0.15) is 0 Å². The molecule has 19 heavy (non-hydrogen) atoms. The molecule has 0 heterocycles. The van der Waals surface area contributed by atoms with Crippen LogP contribution in [0.1, 0.15) is 31.9 Å². The van der Waals surface area contributed by atoms with E-state index in [9.17, 15) is 0 Å². The van der Waals surface area contributed by atoms with Crippen LogP contribution < -0.4 is 4.74 Å². The zero-order valence-electron chi connectivity index (χ0n) is 11.6. The van der Waals surface area contributed by atoms with Crippen molar-refractivity contribution in [3.63, 3.8) is 0 Å². The van der Waals surface area contributed by atoms with Crippen LogP contribution in [0.5, 0.6) is 11.5 Å². The molecule has 0 aliphatic rings. The van der Waals surface area contributed by atoms with E-state index in [1.807, 2.05) is 42.5 Å². The van der Waals surface area contributed by atoms with Gasteiger partial charge in [-0.05, 0) is 29.2 Å². The fourth-order valence-electron chi connectivity index (χ4n) is 1.95. The second-order valence-corrected chi connectivity index (χ2v) is 5.89. The average molecular weight is 275 g/mol. The van der Waals surface area contributed by atoms with Crippen LogP contribution in [0.25, 0.3) is 0 Å². The minimum Gasteiger partial charge on any atom is -0.457 e. The summed E-state index contributed by atoms with van der Waals surface area (Å²) in [6.45, 7) is 6.56. The molecule has 0 spiro atoms. The lowest BCUT2D eigenvalue weighted by molar-refractivity contribution is 0.455. The number of hydrogen-bond donors (Lipinski definition) is 0. The van der Waals surface area contributed by atoms with Crippen molar-refractivity contribution >= 4 is 11.6 Å². The molecule has 2 rings (SSSR count).